The minimum Gasteiger partial charge on any atom is -0.328 e. The summed E-state index contributed by atoms with van der Waals surface area (Å²) in [6.45, 7) is 1.91. The summed E-state index contributed by atoms with van der Waals surface area (Å²) in [6.07, 6.45) is 1.74. The summed E-state index contributed by atoms with van der Waals surface area (Å²) in [4.78, 5) is 10.9. The van der Waals surface area contributed by atoms with Gasteiger partial charge in [0.1, 0.15) is 0 Å². The minimum absolute atomic E-state index is 0.375. The second kappa shape index (κ2) is 6.95. The van der Waals surface area contributed by atoms with E-state index in [0.717, 1.165) is 30.8 Å². The van der Waals surface area contributed by atoms with E-state index in [-0.39, 0.29) is 0 Å². The first-order valence-corrected chi connectivity index (χ1v) is 7.90. The van der Waals surface area contributed by atoms with Crippen LogP contribution in [0, 0.1) is 5.92 Å². The molecule has 0 aliphatic carbocycles. The van der Waals surface area contributed by atoms with Crippen molar-refractivity contribution >= 4 is 23.7 Å². The lowest BCUT2D eigenvalue weighted by atomic mass is 9.84. The Kier molecular flexibility index (Phi) is 4.76. The summed E-state index contributed by atoms with van der Waals surface area (Å²) in [7, 11) is 0. The molecule has 0 bridgehead atoms. The monoisotopic (exact) mass is 314 g/mol. The fourth-order valence-corrected chi connectivity index (χ4v) is 3.44. The predicted octanol–water partition coefficient (Wildman–Crippen LogP) is 3.45. The van der Waals surface area contributed by atoms with Gasteiger partial charge in [-0.3, -0.25) is 4.79 Å². The molecule has 2 aromatic rings. The van der Waals surface area contributed by atoms with Gasteiger partial charge in [-0.1, -0.05) is 48.0 Å². The van der Waals surface area contributed by atoms with Gasteiger partial charge < -0.3 is 10.6 Å². The van der Waals surface area contributed by atoms with Crippen molar-refractivity contribution < 1.29 is 4.79 Å². The number of rotatable bonds is 5. The van der Waals surface area contributed by atoms with Gasteiger partial charge in [-0.25, -0.2) is 0 Å². The molecule has 0 saturated carbocycles. The summed E-state index contributed by atoms with van der Waals surface area (Å²) in [5.74, 6) is 0.885. The van der Waals surface area contributed by atoms with Crippen LogP contribution < -0.4 is 10.6 Å². The Morgan fingerprint density at radius 2 is 2.00 bits per heavy atom. The Bertz CT molecular complexity index is 645. The predicted molar refractivity (Wildman–Crippen MR) is 90.4 cm³/mol. The van der Waals surface area contributed by atoms with Crippen molar-refractivity contribution in [1.82, 2.24) is 5.32 Å². The van der Waals surface area contributed by atoms with Gasteiger partial charge in [0.25, 0.3) is 0 Å². The van der Waals surface area contributed by atoms with Crippen LogP contribution in [0.5, 0.6) is 0 Å². The smallest absolute Gasteiger partial charge is 0.211 e. The molecule has 3 nitrogen and oxygen atoms in total. The summed E-state index contributed by atoms with van der Waals surface area (Å²) < 4.78 is 0. The first kappa shape index (κ1) is 15.1. The van der Waals surface area contributed by atoms with E-state index in [9.17, 15) is 4.79 Å². The zero-order valence-electron chi connectivity index (χ0n) is 12.3. The maximum Gasteiger partial charge on any atom is 0.211 e. The van der Waals surface area contributed by atoms with Gasteiger partial charge in [0, 0.05) is 23.2 Å². The second-order valence-electron chi connectivity index (χ2n) is 5.71. The third-order valence-electron chi connectivity index (χ3n) is 4.31. The fourth-order valence-electron chi connectivity index (χ4n) is 3.27. The Morgan fingerprint density at radius 3 is 2.77 bits per heavy atom. The lowest BCUT2D eigenvalue weighted by Gasteiger charge is -2.21. The van der Waals surface area contributed by atoms with E-state index in [2.05, 4.69) is 34.9 Å². The Hall–Kier alpha value is -1.84. The van der Waals surface area contributed by atoms with E-state index in [0.29, 0.717) is 23.3 Å². The molecule has 1 aliphatic heterocycles. The number of anilines is 1. The highest BCUT2D eigenvalue weighted by molar-refractivity contribution is 6.30. The molecule has 1 saturated heterocycles. The van der Waals surface area contributed by atoms with Crippen molar-refractivity contribution in [3.8, 4) is 0 Å². The topological polar surface area (TPSA) is 41.1 Å². The Balaban J connectivity index is 1.85. The van der Waals surface area contributed by atoms with Gasteiger partial charge in [-0.2, -0.15) is 0 Å². The zero-order valence-corrected chi connectivity index (χ0v) is 13.0. The highest BCUT2D eigenvalue weighted by Crippen LogP contribution is 2.36. The molecule has 22 heavy (non-hydrogen) atoms. The highest BCUT2D eigenvalue weighted by atomic mass is 35.5. The van der Waals surface area contributed by atoms with Crippen LogP contribution in [0.15, 0.2) is 48.5 Å². The largest absolute Gasteiger partial charge is 0.328 e. The molecule has 2 N–H and O–H groups in total. The van der Waals surface area contributed by atoms with E-state index in [4.69, 9.17) is 11.6 Å². The van der Waals surface area contributed by atoms with Crippen molar-refractivity contribution in [2.45, 2.75) is 12.3 Å². The van der Waals surface area contributed by atoms with Gasteiger partial charge in [-0.15, -0.1) is 0 Å². The van der Waals surface area contributed by atoms with Crippen LogP contribution in [-0.4, -0.2) is 19.5 Å². The van der Waals surface area contributed by atoms with Crippen molar-refractivity contribution in [3.05, 3.63) is 64.7 Å². The quantitative estimate of drug-likeness (QED) is 0.830. The van der Waals surface area contributed by atoms with Crippen LogP contribution in [0.4, 0.5) is 5.69 Å². The lowest BCUT2D eigenvalue weighted by molar-refractivity contribution is -0.105. The molecule has 2 aromatic carbocycles. The van der Waals surface area contributed by atoms with Gasteiger partial charge in [-0.05, 0) is 42.1 Å². The van der Waals surface area contributed by atoms with E-state index >= 15 is 0 Å². The van der Waals surface area contributed by atoms with Crippen LogP contribution in [-0.2, 0) is 11.2 Å². The standard InChI is InChI=1S/C18H19ClN2O/c19-15-6-7-16(18(9-15)21-12-22)17-11-20-10-14(17)8-13-4-2-1-3-5-13/h1-7,9,12,14,17,20H,8,10-11H2,(H,21,22). The lowest BCUT2D eigenvalue weighted by Crippen LogP contribution is -2.15. The molecule has 1 aliphatic rings. The number of benzene rings is 2. The number of halogens is 1. The maximum atomic E-state index is 10.9. The SMILES string of the molecule is O=CNc1cc(Cl)ccc1C1CNCC1Cc1ccccc1. The Labute approximate surface area is 135 Å². The van der Waals surface area contributed by atoms with Crippen LogP contribution in [0.1, 0.15) is 17.0 Å². The summed E-state index contributed by atoms with van der Waals surface area (Å²) >= 11 is 6.05. The molecule has 1 fully saturated rings. The number of carbonyl (C=O) groups is 1. The third-order valence-corrected chi connectivity index (χ3v) is 4.54. The van der Waals surface area contributed by atoms with Crippen LogP contribution >= 0.6 is 11.6 Å². The number of hydrogen-bond acceptors (Lipinski definition) is 2. The number of hydrogen-bond donors (Lipinski definition) is 2. The minimum atomic E-state index is 0.375. The molecule has 2 atom stereocenters. The van der Waals surface area contributed by atoms with Gasteiger partial charge in [0.2, 0.25) is 6.41 Å². The Morgan fingerprint density at radius 1 is 1.18 bits per heavy atom. The van der Waals surface area contributed by atoms with E-state index in [1.165, 1.54) is 5.56 Å². The average molecular weight is 315 g/mol. The second-order valence-corrected chi connectivity index (χ2v) is 6.14. The van der Waals surface area contributed by atoms with Gasteiger partial charge in [0.15, 0.2) is 0 Å². The van der Waals surface area contributed by atoms with Crippen LogP contribution in [0.3, 0.4) is 0 Å². The average Bonchev–Trinajstić information content (AvgIpc) is 2.97. The third kappa shape index (κ3) is 3.32. The summed E-state index contributed by atoms with van der Waals surface area (Å²) in [6, 6.07) is 16.3. The molecule has 3 rings (SSSR count). The van der Waals surface area contributed by atoms with E-state index in [1.807, 2.05) is 24.3 Å². The molecular formula is C18H19ClN2O. The normalized spacial score (nSPS) is 20.8. The first-order valence-electron chi connectivity index (χ1n) is 7.52. The molecule has 0 radical (unpaired) electrons. The maximum absolute atomic E-state index is 10.9. The van der Waals surface area contributed by atoms with Crippen molar-refractivity contribution in [2.75, 3.05) is 18.4 Å². The van der Waals surface area contributed by atoms with Crippen LogP contribution in [0.2, 0.25) is 5.02 Å². The zero-order chi connectivity index (χ0) is 15.4. The van der Waals surface area contributed by atoms with E-state index < -0.39 is 0 Å². The number of nitrogens with one attached hydrogen (secondary N) is 2. The molecule has 0 aromatic heterocycles. The molecule has 1 heterocycles. The van der Waals surface area contributed by atoms with E-state index in [1.54, 1.807) is 0 Å². The van der Waals surface area contributed by atoms with Crippen molar-refractivity contribution in [3.63, 3.8) is 0 Å². The molecular weight excluding hydrogens is 296 g/mol. The van der Waals surface area contributed by atoms with Gasteiger partial charge >= 0.3 is 0 Å². The van der Waals surface area contributed by atoms with Crippen molar-refractivity contribution in [1.29, 1.82) is 0 Å². The summed E-state index contributed by atoms with van der Waals surface area (Å²) in [5, 5.41) is 6.90. The molecule has 1 amide bonds. The summed E-state index contributed by atoms with van der Waals surface area (Å²) in [5.41, 5.74) is 3.32. The molecule has 0 spiro atoms. The first-order chi connectivity index (χ1) is 10.8. The van der Waals surface area contributed by atoms with Crippen LogP contribution in [0.25, 0.3) is 0 Å². The molecule has 114 valence electrons. The molecule has 2 unspecified atom stereocenters. The van der Waals surface area contributed by atoms with Gasteiger partial charge in [0.05, 0.1) is 0 Å². The molecule has 4 heteroatoms. The number of carbonyl (C=O) groups excluding carboxylic acids is 1. The fraction of sp³-hybridized carbons (Fsp3) is 0.278. The number of amides is 1. The highest BCUT2D eigenvalue weighted by Gasteiger charge is 2.30. The van der Waals surface area contributed by atoms with Crippen molar-refractivity contribution in [2.24, 2.45) is 5.92 Å².